The molecule has 2 aliphatic rings. The SMILES string of the molecule is CC1CCC(C(O)C2CCOC2C)CC1. The van der Waals surface area contributed by atoms with E-state index in [2.05, 4.69) is 13.8 Å². The molecule has 2 fully saturated rings. The van der Waals surface area contributed by atoms with Gasteiger partial charge in [-0.2, -0.15) is 0 Å². The molecule has 1 aliphatic heterocycles. The lowest BCUT2D eigenvalue weighted by Crippen LogP contribution is -2.35. The van der Waals surface area contributed by atoms with Crippen molar-refractivity contribution in [2.75, 3.05) is 6.61 Å². The van der Waals surface area contributed by atoms with E-state index in [0.717, 1.165) is 18.9 Å². The summed E-state index contributed by atoms with van der Waals surface area (Å²) in [6, 6.07) is 0. The van der Waals surface area contributed by atoms with E-state index in [1.54, 1.807) is 0 Å². The maximum absolute atomic E-state index is 10.4. The van der Waals surface area contributed by atoms with E-state index >= 15 is 0 Å². The van der Waals surface area contributed by atoms with Crippen LogP contribution in [0.5, 0.6) is 0 Å². The Bertz CT molecular complexity index is 197. The number of aliphatic hydroxyl groups is 1. The zero-order valence-electron chi connectivity index (χ0n) is 9.98. The Balaban J connectivity index is 1.87. The smallest absolute Gasteiger partial charge is 0.0622 e. The summed E-state index contributed by atoms with van der Waals surface area (Å²) >= 11 is 0. The first kappa shape index (κ1) is 11.4. The molecule has 1 N–H and O–H groups in total. The third-order valence-corrected chi connectivity index (χ3v) is 4.42. The van der Waals surface area contributed by atoms with Gasteiger partial charge in [0, 0.05) is 12.5 Å². The minimum absolute atomic E-state index is 0.116. The van der Waals surface area contributed by atoms with Gasteiger partial charge < -0.3 is 9.84 Å². The number of rotatable bonds is 2. The summed E-state index contributed by atoms with van der Waals surface area (Å²) in [5.41, 5.74) is 0. The van der Waals surface area contributed by atoms with E-state index in [4.69, 9.17) is 4.74 Å². The lowest BCUT2D eigenvalue weighted by atomic mass is 9.75. The number of hydrogen-bond acceptors (Lipinski definition) is 2. The Hall–Kier alpha value is -0.0800. The molecule has 2 heteroatoms. The molecule has 0 aromatic heterocycles. The summed E-state index contributed by atoms with van der Waals surface area (Å²) < 4.78 is 5.54. The highest BCUT2D eigenvalue weighted by atomic mass is 16.5. The van der Waals surface area contributed by atoms with Crippen LogP contribution < -0.4 is 0 Å². The second kappa shape index (κ2) is 4.84. The lowest BCUT2D eigenvalue weighted by molar-refractivity contribution is -0.00348. The van der Waals surface area contributed by atoms with Crippen LogP contribution in [0, 0.1) is 17.8 Å². The van der Waals surface area contributed by atoms with Gasteiger partial charge in [0.25, 0.3) is 0 Å². The van der Waals surface area contributed by atoms with Crippen LogP contribution >= 0.6 is 0 Å². The van der Waals surface area contributed by atoms with Gasteiger partial charge in [0.1, 0.15) is 0 Å². The fourth-order valence-electron chi connectivity index (χ4n) is 3.17. The van der Waals surface area contributed by atoms with Crippen LogP contribution in [0.15, 0.2) is 0 Å². The first-order chi connectivity index (χ1) is 7.18. The van der Waals surface area contributed by atoms with Gasteiger partial charge >= 0.3 is 0 Å². The van der Waals surface area contributed by atoms with Gasteiger partial charge in [0.15, 0.2) is 0 Å². The maximum Gasteiger partial charge on any atom is 0.0622 e. The maximum atomic E-state index is 10.4. The van der Waals surface area contributed by atoms with Gasteiger partial charge in [0.2, 0.25) is 0 Å². The van der Waals surface area contributed by atoms with Crippen molar-refractivity contribution in [2.45, 2.75) is 58.2 Å². The van der Waals surface area contributed by atoms with Crippen LogP contribution in [0.1, 0.15) is 46.0 Å². The molecule has 1 aliphatic carbocycles. The Morgan fingerprint density at radius 2 is 1.73 bits per heavy atom. The van der Waals surface area contributed by atoms with Crippen LogP contribution in [0.3, 0.4) is 0 Å². The van der Waals surface area contributed by atoms with E-state index in [-0.39, 0.29) is 12.2 Å². The molecular formula is C13H24O2. The molecule has 0 aromatic carbocycles. The number of hydrogen-bond donors (Lipinski definition) is 1. The summed E-state index contributed by atoms with van der Waals surface area (Å²) in [5, 5.41) is 10.4. The molecule has 0 aromatic rings. The standard InChI is InChI=1S/C13H24O2/c1-9-3-5-11(6-4-9)13(14)12-7-8-15-10(12)2/h9-14H,3-8H2,1-2H3. The van der Waals surface area contributed by atoms with Crippen molar-refractivity contribution in [3.8, 4) is 0 Å². The van der Waals surface area contributed by atoms with E-state index in [1.807, 2.05) is 0 Å². The Morgan fingerprint density at radius 3 is 2.27 bits per heavy atom. The van der Waals surface area contributed by atoms with Gasteiger partial charge in [-0.05, 0) is 38.0 Å². The summed E-state index contributed by atoms with van der Waals surface area (Å²) in [4.78, 5) is 0. The predicted molar refractivity (Wildman–Crippen MR) is 60.6 cm³/mol. The van der Waals surface area contributed by atoms with Crippen molar-refractivity contribution < 1.29 is 9.84 Å². The van der Waals surface area contributed by atoms with Crippen LogP contribution in [-0.2, 0) is 4.74 Å². The third kappa shape index (κ3) is 2.54. The minimum Gasteiger partial charge on any atom is -0.392 e. The van der Waals surface area contributed by atoms with Crippen LogP contribution in [0.25, 0.3) is 0 Å². The van der Waals surface area contributed by atoms with Gasteiger partial charge in [-0.15, -0.1) is 0 Å². The van der Waals surface area contributed by atoms with Gasteiger partial charge in [-0.3, -0.25) is 0 Å². The van der Waals surface area contributed by atoms with Crippen molar-refractivity contribution in [1.82, 2.24) is 0 Å². The Kier molecular flexibility index (Phi) is 3.68. The molecule has 15 heavy (non-hydrogen) atoms. The summed E-state index contributed by atoms with van der Waals surface area (Å²) in [7, 11) is 0. The summed E-state index contributed by atoms with van der Waals surface area (Å²) in [6.45, 7) is 5.27. The molecule has 1 saturated heterocycles. The molecule has 2 nitrogen and oxygen atoms in total. The molecule has 0 spiro atoms. The van der Waals surface area contributed by atoms with Crippen LogP contribution in [0.2, 0.25) is 0 Å². The molecule has 88 valence electrons. The average molecular weight is 212 g/mol. The van der Waals surface area contributed by atoms with Crippen molar-refractivity contribution in [3.05, 3.63) is 0 Å². The minimum atomic E-state index is -0.116. The fraction of sp³-hybridized carbons (Fsp3) is 1.00. The van der Waals surface area contributed by atoms with Gasteiger partial charge in [0.05, 0.1) is 12.2 Å². The van der Waals surface area contributed by atoms with E-state index in [0.29, 0.717) is 11.8 Å². The van der Waals surface area contributed by atoms with Crippen molar-refractivity contribution in [3.63, 3.8) is 0 Å². The van der Waals surface area contributed by atoms with E-state index in [1.165, 1.54) is 25.7 Å². The van der Waals surface area contributed by atoms with Crippen LogP contribution in [-0.4, -0.2) is 23.9 Å². The first-order valence-electron chi connectivity index (χ1n) is 6.48. The second-order valence-corrected chi connectivity index (χ2v) is 5.54. The fourth-order valence-corrected chi connectivity index (χ4v) is 3.17. The highest BCUT2D eigenvalue weighted by Crippen LogP contribution is 2.36. The van der Waals surface area contributed by atoms with Crippen molar-refractivity contribution in [2.24, 2.45) is 17.8 Å². The van der Waals surface area contributed by atoms with Gasteiger partial charge in [-0.25, -0.2) is 0 Å². The zero-order chi connectivity index (χ0) is 10.8. The number of ether oxygens (including phenoxy) is 1. The molecule has 3 unspecified atom stereocenters. The molecule has 0 radical (unpaired) electrons. The monoisotopic (exact) mass is 212 g/mol. The molecule has 1 saturated carbocycles. The highest BCUT2D eigenvalue weighted by Gasteiger charge is 2.36. The molecule has 0 bridgehead atoms. The van der Waals surface area contributed by atoms with Crippen LogP contribution in [0.4, 0.5) is 0 Å². The topological polar surface area (TPSA) is 29.5 Å². The van der Waals surface area contributed by atoms with Gasteiger partial charge in [-0.1, -0.05) is 19.8 Å². The quantitative estimate of drug-likeness (QED) is 0.762. The molecule has 2 rings (SSSR count). The number of aliphatic hydroxyl groups excluding tert-OH is 1. The predicted octanol–water partition coefficient (Wildman–Crippen LogP) is 2.60. The third-order valence-electron chi connectivity index (χ3n) is 4.42. The molecule has 3 atom stereocenters. The summed E-state index contributed by atoms with van der Waals surface area (Å²) in [6.07, 6.45) is 6.22. The summed E-state index contributed by atoms with van der Waals surface area (Å²) in [5.74, 6) is 1.80. The molecule has 1 heterocycles. The average Bonchev–Trinajstić information content (AvgIpc) is 2.65. The molecule has 0 amide bonds. The zero-order valence-corrected chi connectivity index (χ0v) is 9.98. The van der Waals surface area contributed by atoms with E-state index < -0.39 is 0 Å². The second-order valence-electron chi connectivity index (χ2n) is 5.54. The lowest BCUT2D eigenvalue weighted by Gasteiger charge is -2.33. The Labute approximate surface area is 93.0 Å². The first-order valence-corrected chi connectivity index (χ1v) is 6.48. The normalized spacial score (nSPS) is 44.2. The van der Waals surface area contributed by atoms with Crippen molar-refractivity contribution in [1.29, 1.82) is 0 Å². The molecular weight excluding hydrogens is 188 g/mol. The highest BCUT2D eigenvalue weighted by molar-refractivity contribution is 4.85. The Morgan fingerprint density at radius 1 is 1.07 bits per heavy atom. The van der Waals surface area contributed by atoms with Crippen molar-refractivity contribution >= 4 is 0 Å². The largest absolute Gasteiger partial charge is 0.392 e. The van der Waals surface area contributed by atoms with E-state index in [9.17, 15) is 5.11 Å².